The first-order valence-corrected chi connectivity index (χ1v) is 22.3. The third kappa shape index (κ3) is 10.3. The first kappa shape index (κ1) is 44.1. The molecule has 0 radical (unpaired) electrons. The van der Waals surface area contributed by atoms with E-state index >= 15 is 0 Å². The van der Waals surface area contributed by atoms with Gasteiger partial charge in [-0.2, -0.15) is 0 Å². The average molecular weight is 887 g/mol. The van der Waals surface area contributed by atoms with Crippen LogP contribution in [0.3, 0.4) is 0 Å². The highest BCUT2D eigenvalue weighted by molar-refractivity contribution is 15.0. The fourth-order valence-corrected chi connectivity index (χ4v) is 7.28. The van der Waals surface area contributed by atoms with E-state index in [4.69, 9.17) is 28.5 Å². The summed E-state index contributed by atoms with van der Waals surface area (Å²) < 4.78 is 31.0. The van der Waals surface area contributed by atoms with Gasteiger partial charge in [0.25, 0.3) is 0 Å². The van der Waals surface area contributed by atoms with E-state index in [2.05, 4.69) is 42.4 Å². The van der Waals surface area contributed by atoms with E-state index in [9.17, 15) is 20.1 Å². The first-order valence-electron chi connectivity index (χ1n) is 16.0. The number of hydrogen-bond acceptors (Lipinski definition) is 12. The second-order valence-corrected chi connectivity index (χ2v) is 13.6. The Hall–Kier alpha value is 0.0800. The van der Waals surface area contributed by atoms with Crippen LogP contribution in [0.5, 0.6) is 0 Å². The summed E-state index contributed by atoms with van der Waals surface area (Å²) in [7, 11) is 8.36. The van der Waals surface area contributed by atoms with Gasteiger partial charge in [0.15, 0.2) is 6.29 Å². The molecule has 0 aromatic carbocycles. The number of likely N-dealkylation sites (N-methyl/N-ethyl adjacent to an activating group) is 1. The minimum atomic E-state index is -1.79. The van der Waals surface area contributed by atoms with Crippen molar-refractivity contribution < 1.29 is 48.6 Å². The standard InChI is InChI=1S/C32H60N2O10.I2/c1-14-23-32(8,38)27(36)19(4)24(33-41-13)17(2)16-31(7,40-12)28(20(5)26(39-11)21(6)29(37)43-23)44-30-25(35)22(34(9)10)15-18(3)42-30;1-2/h17-23,25-28,30,35-36,38H,14-16H2,1-13H3;/t17-,18-,19+,20+,21-,22+,23-,25-,26+,27-,28-,30+,31+,32-;/m1./s1. The zero-order valence-electron chi connectivity index (χ0n) is 29.9. The van der Waals surface area contributed by atoms with E-state index in [1.165, 1.54) is 21.1 Å². The van der Waals surface area contributed by atoms with Crippen LogP contribution in [-0.2, 0) is 33.3 Å². The van der Waals surface area contributed by atoms with Gasteiger partial charge in [-0.25, -0.2) is 0 Å². The van der Waals surface area contributed by atoms with Crippen molar-refractivity contribution in [3.05, 3.63) is 0 Å². The molecular formula is C32H60I2N2O10. The molecule has 0 amide bonds. The van der Waals surface area contributed by atoms with Gasteiger partial charge in [-0.05, 0) is 61.1 Å². The molecule has 2 aliphatic heterocycles. The Morgan fingerprint density at radius 2 is 1.63 bits per heavy atom. The first-order chi connectivity index (χ1) is 21.4. The monoisotopic (exact) mass is 886 g/mol. The van der Waals surface area contributed by atoms with E-state index < -0.39 is 71.7 Å². The number of carbonyl (C=O) groups is 1. The quantitative estimate of drug-likeness (QED) is 0.190. The van der Waals surface area contributed by atoms with Gasteiger partial charge in [0.05, 0.1) is 41.6 Å². The van der Waals surface area contributed by atoms with Crippen molar-refractivity contribution in [1.82, 2.24) is 4.90 Å². The van der Waals surface area contributed by atoms with Crippen LogP contribution in [0.15, 0.2) is 5.16 Å². The third-order valence-corrected chi connectivity index (χ3v) is 9.99. The summed E-state index contributed by atoms with van der Waals surface area (Å²) in [4.78, 5) is 20.8. The minimum absolute atomic E-state index is 0.175. The van der Waals surface area contributed by atoms with Gasteiger partial charge in [0, 0.05) is 75.2 Å². The van der Waals surface area contributed by atoms with Crippen molar-refractivity contribution in [1.29, 1.82) is 0 Å². The van der Waals surface area contributed by atoms with Crippen molar-refractivity contribution in [3.8, 4) is 0 Å². The number of rotatable bonds is 7. The lowest BCUT2D eigenvalue weighted by Crippen LogP contribution is -2.60. The van der Waals surface area contributed by atoms with E-state index in [0.29, 0.717) is 18.6 Å². The van der Waals surface area contributed by atoms with E-state index in [1.54, 1.807) is 27.9 Å². The number of oxime groups is 1. The van der Waals surface area contributed by atoms with Gasteiger partial charge in [-0.3, -0.25) is 4.79 Å². The average Bonchev–Trinajstić information content (AvgIpc) is 3.01. The number of esters is 1. The second-order valence-electron chi connectivity index (χ2n) is 13.6. The van der Waals surface area contributed by atoms with Gasteiger partial charge in [0.1, 0.15) is 24.9 Å². The summed E-state index contributed by atoms with van der Waals surface area (Å²) in [5.74, 6) is -2.84. The smallest absolute Gasteiger partial charge is 0.311 e. The number of halogens is 2. The van der Waals surface area contributed by atoms with Crippen molar-refractivity contribution in [3.63, 3.8) is 0 Å². The normalized spacial score (nSPS) is 44.2. The highest BCUT2D eigenvalue weighted by Gasteiger charge is 2.52. The molecule has 3 N–H and O–H groups in total. The number of aliphatic hydroxyl groups is 3. The van der Waals surface area contributed by atoms with Gasteiger partial charge < -0.3 is 48.7 Å². The molecular weight excluding hydrogens is 826 g/mol. The molecule has 0 bridgehead atoms. The fourth-order valence-electron chi connectivity index (χ4n) is 7.28. The van der Waals surface area contributed by atoms with Crippen LogP contribution in [0, 0.1) is 23.7 Å². The zero-order chi connectivity index (χ0) is 35.7. The molecule has 2 heterocycles. The van der Waals surface area contributed by atoms with Crippen LogP contribution in [0.1, 0.15) is 74.7 Å². The molecule has 14 atom stereocenters. The maximum absolute atomic E-state index is 13.6. The summed E-state index contributed by atoms with van der Waals surface area (Å²) in [6, 6.07) is -0.195. The zero-order valence-corrected chi connectivity index (χ0v) is 34.2. The summed E-state index contributed by atoms with van der Waals surface area (Å²) >= 11 is 4.24. The molecule has 0 aromatic heterocycles. The Kier molecular flexibility index (Phi) is 18.7. The lowest BCUT2D eigenvalue weighted by atomic mass is 9.73. The number of carbonyl (C=O) groups excluding carboxylic acids is 1. The Bertz CT molecular complexity index is 960. The van der Waals surface area contributed by atoms with E-state index in [1.807, 2.05) is 46.7 Å². The summed E-state index contributed by atoms with van der Waals surface area (Å²) in [5, 5.41) is 38.7. The van der Waals surface area contributed by atoms with Crippen molar-refractivity contribution in [2.24, 2.45) is 28.8 Å². The summed E-state index contributed by atoms with van der Waals surface area (Å²) in [6.07, 6.45) is -4.65. The predicted octanol–water partition coefficient (Wildman–Crippen LogP) is 4.37. The molecule has 0 unspecified atom stereocenters. The summed E-state index contributed by atoms with van der Waals surface area (Å²) in [6.45, 7) is 14.4. The van der Waals surface area contributed by atoms with Crippen LogP contribution < -0.4 is 0 Å². The van der Waals surface area contributed by atoms with Crippen molar-refractivity contribution in [2.75, 3.05) is 35.4 Å². The number of nitrogens with zero attached hydrogens (tertiary/aromatic N) is 2. The molecule has 0 aliphatic carbocycles. The molecule has 272 valence electrons. The SMILES string of the molecule is CC[C@H]1OC(=O)[C@H](C)[C@@H](OC)[C@H](C)[C@@H](O[C@@H]2O[C@H](C)C[C@H](N(C)C)[C@H]2O)[C@@](C)(OC)C[C@@H](C)C(=NOC)[C@H](C)[C@@H](O)[C@]1(C)O.II. The van der Waals surface area contributed by atoms with Crippen LogP contribution >= 0.6 is 37.2 Å². The number of hydrogen-bond donors (Lipinski definition) is 3. The minimum Gasteiger partial charge on any atom is -0.459 e. The molecule has 14 heteroatoms. The lowest BCUT2D eigenvalue weighted by molar-refractivity contribution is -0.301. The van der Waals surface area contributed by atoms with Crippen molar-refractivity contribution >= 4 is 48.9 Å². The Morgan fingerprint density at radius 1 is 1.04 bits per heavy atom. The maximum Gasteiger partial charge on any atom is 0.311 e. The van der Waals surface area contributed by atoms with Gasteiger partial charge in [0.2, 0.25) is 0 Å². The highest BCUT2D eigenvalue weighted by Crippen LogP contribution is 2.40. The van der Waals surface area contributed by atoms with Crippen LogP contribution in [-0.4, -0.2) is 127 Å². The topological polar surface area (TPSA) is 149 Å². The molecule has 0 saturated carbocycles. The van der Waals surface area contributed by atoms with E-state index in [0.717, 1.165) is 0 Å². The molecule has 2 fully saturated rings. The van der Waals surface area contributed by atoms with E-state index in [-0.39, 0.29) is 24.5 Å². The van der Waals surface area contributed by atoms with Crippen molar-refractivity contribution in [2.45, 2.75) is 135 Å². The van der Waals surface area contributed by atoms with Gasteiger partial charge >= 0.3 is 5.97 Å². The highest BCUT2D eigenvalue weighted by atomic mass is 128. The molecule has 46 heavy (non-hydrogen) atoms. The third-order valence-electron chi connectivity index (χ3n) is 9.99. The number of methoxy groups -OCH3 is 2. The molecule has 12 nitrogen and oxygen atoms in total. The molecule has 2 saturated heterocycles. The lowest BCUT2D eigenvalue weighted by Gasteiger charge is -2.48. The van der Waals surface area contributed by atoms with Gasteiger partial charge in [-0.1, -0.05) is 32.9 Å². The number of cyclic esters (lactones) is 1. The fraction of sp³-hybridized carbons (Fsp3) is 0.938. The second kappa shape index (κ2) is 19.5. The van der Waals surface area contributed by atoms with Crippen LogP contribution in [0.25, 0.3) is 0 Å². The Morgan fingerprint density at radius 3 is 2.11 bits per heavy atom. The van der Waals surface area contributed by atoms with Gasteiger partial charge in [-0.15, -0.1) is 0 Å². The summed E-state index contributed by atoms with van der Waals surface area (Å²) in [5.41, 5.74) is -2.32. The maximum atomic E-state index is 13.6. The predicted molar refractivity (Wildman–Crippen MR) is 194 cm³/mol. The van der Waals surface area contributed by atoms with Crippen LogP contribution in [0.2, 0.25) is 0 Å². The number of ether oxygens (including phenoxy) is 5. The van der Waals surface area contributed by atoms with Crippen LogP contribution in [0.4, 0.5) is 0 Å². The Labute approximate surface area is 299 Å². The number of aliphatic hydroxyl groups excluding tert-OH is 2. The molecule has 2 aliphatic rings. The molecule has 0 aromatic rings. The molecule has 0 spiro atoms. The Balaban J connectivity index is 0.00000518. The largest absolute Gasteiger partial charge is 0.459 e. The molecule has 2 rings (SSSR count).